The number of para-hydroxylation sites is 1. The average Bonchev–Trinajstić information content (AvgIpc) is 2.87. The number of nitrogens with zero attached hydrogens (tertiary/aromatic N) is 1. The molecule has 0 fully saturated rings. The maximum Gasteiger partial charge on any atom is 0.315 e. The van der Waals surface area contributed by atoms with Crippen molar-refractivity contribution in [2.24, 2.45) is 5.92 Å². The quantitative estimate of drug-likeness (QED) is 0.254. The van der Waals surface area contributed by atoms with Crippen molar-refractivity contribution in [2.45, 2.75) is 24.7 Å². The second-order valence-electron chi connectivity index (χ2n) is 8.78. The number of allylic oxidation sites excluding steroid dienone is 2. The minimum atomic E-state index is -0.881. The van der Waals surface area contributed by atoms with E-state index < -0.39 is 22.7 Å². The molecule has 0 amide bonds. The third-order valence-electron chi connectivity index (χ3n) is 6.67. The van der Waals surface area contributed by atoms with E-state index in [1.807, 2.05) is 24.3 Å². The van der Waals surface area contributed by atoms with Gasteiger partial charge in [0.25, 0.3) is 5.69 Å². The molecule has 2 aromatic rings. The van der Waals surface area contributed by atoms with Crippen LogP contribution in [0.2, 0.25) is 0 Å². The van der Waals surface area contributed by atoms with Crippen LogP contribution >= 0.6 is 0 Å². The molecule has 1 heterocycles. The zero-order valence-electron chi connectivity index (χ0n) is 20.2. The molecule has 0 bridgehead atoms. The number of carbonyl (C=O) groups is 2. The highest BCUT2D eigenvalue weighted by atomic mass is 16.6. The van der Waals surface area contributed by atoms with Crippen LogP contribution in [0.5, 0.6) is 5.75 Å². The second-order valence-corrected chi connectivity index (χ2v) is 8.78. The van der Waals surface area contributed by atoms with Gasteiger partial charge in [-0.2, -0.15) is 0 Å². The third kappa shape index (κ3) is 4.87. The van der Waals surface area contributed by atoms with E-state index in [1.165, 1.54) is 19.2 Å². The predicted molar refractivity (Wildman–Crippen MR) is 131 cm³/mol. The van der Waals surface area contributed by atoms with Crippen molar-refractivity contribution in [1.82, 2.24) is 5.32 Å². The Kier molecular flexibility index (Phi) is 7.49. The van der Waals surface area contributed by atoms with Crippen LogP contribution in [-0.2, 0) is 19.1 Å². The number of nitrogens with one attached hydrogen (secondary N) is 1. The summed E-state index contributed by atoms with van der Waals surface area (Å²) in [7, 11) is 3.10. The molecule has 4 rings (SSSR count). The van der Waals surface area contributed by atoms with E-state index in [9.17, 15) is 19.7 Å². The molecule has 1 aliphatic carbocycles. The SMILES string of the molecule is C=C1NC2=C(C(=O)CC(c3ccccc3OC)C2)C(c2ccc([N+](=O)[O-])cc2)C1C(=O)OCCOC. The van der Waals surface area contributed by atoms with E-state index in [2.05, 4.69) is 11.9 Å². The Labute approximate surface area is 208 Å². The Bertz CT molecular complexity index is 1220. The van der Waals surface area contributed by atoms with Gasteiger partial charge in [-0.05, 0) is 23.6 Å². The van der Waals surface area contributed by atoms with Gasteiger partial charge in [0.2, 0.25) is 0 Å². The lowest BCUT2D eigenvalue weighted by atomic mass is 9.69. The van der Waals surface area contributed by atoms with Crippen molar-refractivity contribution < 1.29 is 28.7 Å². The van der Waals surface area contributed by atoms with Gasteiger partial charge in [-0.3, -0.25) is 19.7 Å². The summed E-state index contributed by atoms with van der Waals surface area (Å²) < 4.78 is 15.9. The number of rotatable bonds is 8. The highest BCUT2D eigenvalue weighted by Crippen LogP contribution is 2.48. The van der Waals surface area contributed by atoms with Crippen molar-refractivity contribution in [1.29, 1.82) is 0 Å². The number of methoxy groups -OCH3 is 2. The van der Waals surface area contributed by atoms with E-state index in [-0.39, 0.29) is 37.0 Å². The van der Waals surface area contributed by atoms with Gasteiger partial charge in [-0.15, -0.1) is 0 Å². The zero-order valence-corrected chi connectivity index (χ0v) is 20.2. The van der Waals surface area contributed by atoms with Gasteiger partial charge in [0.05, 0.1) is 18.6 Å². The van der Waals surface area contributed by atoms with Crippen LogP contribution in [0.25, 0.3) is 0 Å². The molecule has 3 atom stereocenters. The van der Waals surface area contributed by atoms with Gasteiger partial charge < -0.3 is 19.5 Å². The predicted octanol–water partition coefficient (Wildman–Crippen LogP) is 4.01. The first kappa shape index (κ1) is 25.1. The minimum Gasteiger partial charge on any atom is -0.496 e. The highest BCUT2D eigenvalue weighted by Gasteiger charge is 2.45. The number of Topliss-reactive ketones (excluding diaryl/α,β-unsaturated/α-hetero) is 1. The number of ether oxygens (including phenoxy) is 3. The van der Waals surface area contributed by atoms with Gasteiger partial charge in [-0.25, -0.2) is 0 Å². The number of non-ortho nitro benzene ring substituents is 1. The number of esters is 1. The molecule has 2 aromatic carbocycles. The normalized spacial score (nSPS) is 21.4. The number of benzene rings is 2. The Morgan fingerprint density at radius 1 is 1.11 bits per heavy atom. The van der Waals surface area contributed by atoms with Crippen LogP contribution in [-0.4, -0.2) is 44.1 Å². The van der Waals surface area contributed by atoms with E-state index in [0.717, 1.165) is 5.56 Å². The zero-order chi connectivity index (χ0) is 25.8. The molecule has 2 aliphatic rings. The summed E-state index contributed by atoms with van der Waals surface area (Å²) in [4.78, 5) is 37.5. The molecule has 3 unspecified atom stereocenters. The van der Waals surface area contributed by atoms with Gasteiger partial charge in [0.1, 0.15) is 18.3 Å². The number of nitro groups is 1. The fraction of sp³-hybridized carbons (Fsp3) is 0.333. The summed E-state index contributed by atoms with van der Waals surface area (Å²) in [6.45, 7) is 4.38. The molecule has 188 valence electrons. The number of hydrogen-bond acceptors (Lipinski definition) is 8. The fourth-order valence-corrected chi connectivity index (χ4v) is 5.03. The van der Waals surface area contributed by atoms with Gasteiger partial charge in [0.15, 0.2) is 5.78 Å². The summed E-state index contributed by atoms with van der Waals surface area (Å²) >= 11 is 0. The number of nitro benzene ring substituents is 1. The lowest BCUT2D eigenvalue weighted by Crippen LogP contribution is -2.42. The van der Waals surface area contributed by atoms with Crippen molar-refractivity contribution in [2.75, 3.05) is 27.4 Å². The molecule has 9 nitrogen and oxygen atoms in total. The molecule has 9 heteroatoms. The van der Waals surface area contributed by atoms with Crippen LogP contribution in [0, 0.1) is 16.0 Å². The molecule has 0 aromatic heterocycles. The third-order valence-corrected chi connectivity index (χ3v) is 6.67. The van der Waals surface area contributed by atoms with Crippen molar-refractivity contribution >= 4 is 17.4 Å². The molecule has 0 saturated heterocycles. The number of hydrogen-bond donors (Lipinski definition) is 1. The van der Waals surface area contributed by atoms with E-state index >= 15 is 0 Å². The van der Waals surface area contributed by atoms with Crippen LogP contribution in [0.15, 0.2) is 72.1 Å². The Hall–Kier alpha value is -3.98. The summed E-state index contributed by atoms with van der Waals surface area (Å²) in [6, 6.07) is 13.5. The largest absolute Gasteiger partial charge is 0.496 e. The molecule has 0 spiro atoms. The van der Waals surface area contributed by atoms with E-state index in [0.29, 0.717) is 34.7 Å². The summed E-state index contributed by atoms with van der Waals surface area (Å²) in [6.07, 6.45) is 0.762. The Balaban J connectivity index is 1.76. The standard InChI is InChI=1S/C27H28N2O7/c1-16-24(27(31)36-13-12-34-2)25(17-8-10-19(11-9-17)29(32)33)26-21(28-16)14-18(15-22(26)30)20-6-4-5-7-23(20)35-3/h4-11,18,24-25,28H,1,12-15H2,2-3H3. The lowest BCUT2D eigenvalue weighted by molar-refractivity contribution is -0.384. The first-order chi connectivity index (χ1) is 17.3. The highest BCUT2D eigenvalue weighted by molar-refractivity contribution is 6.01. The van der Waals surface area contributed by atoms with Gasteiger partial charge in [0, 0.05) is 54.5 Å². The average molecular weight is 493 g/mol. The van der Waals surface area contributed by atoms with Crippen LogP contribution in [0.4, 0.5) is 5.69 Å². The van der Waals surface area contributed by atoms with Crippen LogP contribution in [0.3, 0.4) is 0 Å². The topological polar surface area (TPSA) is 117 Å². The molecule has 36 heavy (non-hydrogen) atoms. The molecule has 0 saturated carbocycles. The monoisotopic (exact) mass is 492 g/mol. The van der Waals surface area contributed by atoms with Crippen LogP contribution < -0.4 is 10.1 Å². The summed E-state index contributed by atoms with van der Waals surface area (Å²) in [5, 5.41) is 14.4. The first-order valence-electron chi connectivity index (χ1n) is 11.6. The van der Waals surface area contributed by atoms with Crippen LogP contribution in [0.1, 0.15) is 35.8 Å². The molecule has 1 N–H and O–H groups in total. The Morgan fingerprint density at radius 2 is 1.83 bits per heavy atom. The smallest absolute Gasteiger partial charge is 0.315 e. The fourth-order valence-electron chi connectivity index (χ4n) is 5.03. The van der Waals surface area contributed by atoms with Crippen molar-refractivity contribution in [3.8, 4) is 5.75 Å². The number of carbonyl (C=O) groups excluding carboxylic acids is 2. The maximum absolute atomic E-state index is 13.7. The molecular weight excluding hydrogens is 464 g/mol. The number of ketones is 1. The molecule has 1 aliphatic heterocycles. The molecular formula is C27H28N2O7. The van der Waals surface area contributed by atoms with Crippen molar-refractivity contribution in [3.05, 3.63) is 93.3 Å². The molecule has 0 radical (unpaired) electrons. The summed E-state index contributed by atoms with van der Waals surface area (Å²) in [5.41, 5.74) is 3.04. The van der Waals surface area contributed by atoms with Crippen molar-refractivity contribution in [3.63, 3.8) is 0 Å². The maximum atomic E-state index is 13.7. The second kappa shape index (κ2) is 10.7. The van der Waals surface area contributed by atoms with E-state index in [1.54, 1.807) is 19.2 Å². The van der Waals surface area contributed by atoms with E-state index in [4.69, 9.17) is 14.2 Å². The van der Waals surface area contributed by atoms with Gasteiger partial charge >= 0.3 is 5.97 Å². The lowest BCUT2D eigenvalue weighted by Gasteiger charge is -2.40. The minimum absolute atomic E-state index is 0.0574. The summed E-state index contributed by atoms with van der Waals surface area (Å²) in [5.74, 6) is -1.62. The first-order valence-corrected chi connectivity index (χ1v) is 11.6. The Morgan fingerprint density at radius 3 is 2.50 bits per heavy atom. The van der Waals surface area contributed by atoms with Gasteiger partial charge in [-0.1, -0.05) is 36.9 Å².